The Labute approximate surface area is 526 Å². The van der Waals surface area contributed by atoms with Crippen molar-refractivity contribution in [2.24, 2.45) is 0 Å². The number of H-pyrrole nitrogens is 3. The number of para-hydroxylation sites is 3. The van der Waals surface area contributed by atoms with Crippen LogP contribution < -0.4 is 0 Å². The van der Waals surface area contributed by atoms with Gasteiger partial charge in [-0.25, -0.2) is 27.1 Å². The number of rotatable bonds is 22. The van der Waals surface area contributed by atoms with Crippen LogP contribution in [0.5, 0.6) is 0 Å². The van der Waals surface area contributed by atoms with Crippen molar-refractivity contribution in [3.05, 3.63) is 185 Å². The van der Waals surface area contributed by atoms with Crippen LogP contribution in [-0.4, -0.2) is 159 Å². The van der Waals surface area contributed by atoms with Gasteiger partial charge in [0.15, 0.2) is 23.1 Å². The van der Waals surface area contributed by atoms with Gasteiger partial charge in [0.25, 0.3) is 0 Å². The Bertz CT molecular complexity index is 4660. The molecule has 27 nitrogen and oxygen atoms in total. The van der Waals surface area contributed by atoms with Crippen LogP contribution in [0.4, 0.5) is 0 Å². The predicted octanol–water partition coefficient (Wildman–Crippen LogP) is 7.15. The summed E-state index contributed by atoms with van der Waals surface area (Å²) >= 11 is 0. The summed E-state index contributed by atoms with van der Waals surface area (Å²) in [7, 11) is -3.71. The number of hydrogen-bond donors (Lipinski definition) is 3. The molecular formula is C64H66N18O9S. The first kappa shape index (κ1) is 62.1. The number of nitrogens with zero attached hydrogens (tertiary/aromatic N) is 15. The molecule has 0 radical (unpaired) electrons. The molecule has 4 aromatic carbocycles. The number of epoxide rings is 3. The Morgan fingerprint density at radius 2 is 1.05 bits per heavy atom. The van der Waals surface area contributed by atoms with E-state index in [0.29, 0.717) is 86.8 Å². The van der Waals surface area contributed by atoms with Gasteiger partial charge in [-0.15, -0.1) is 20.4 Å². The summed E-state index contributed by atoms with van der Waals surface area (Å²) < 4.78 is 47.7. The van der Waals surface area contributed by atoms with Gasteiger partial charge in [0, 0.05) is 85.3 Å². The van der Waals surface area contributed by atoms with Crippen molar-refractivity contribution < 1.29 is 41.8 Å². The predicted molar refractivity (Wildman–Crippen MR) is 333 cm³/mol. The van der Waals surface area contributed by atoms with E-state index >= 15 is 0 Å². The molecule has 3 aliphatic heterocycles. The number of carbonyl (C=O) groups excluding carboxylic acids is 4. The van der Waals surface area contributed by atoms with Crippen LogP contribution in [0.3, 0.4) is 0 Å². The highest BCUT2D eigenvalue weighted by Crippen LogP contribution is 2.36. The fourth-order valence-corrected chi connectivity index (χ4v) is 11.4. The molecule has 4 aliphatic rings. The van der Waals surface area contributed by atoms with Crippen molar-refractivity contribution in [1.29, 1.82) is 0 Å². The average Bonchev–Trinajstić information content (AvgIpc) is 1.69. The first-order valence-electron chi connectivity index (χ1n) is 30.0. The number of hydrogen-bond acceptors (Lipinski definition) is 20. The second kappa shape index (κ2) is 26.7. The van der Waals surface area contributed by atoms with E-state index in [9.17, 15) is 27.6 Å². The number of aryl methyl sites for hydroxylation is 4. The normalized spacial score (nSPS) is 17.8. The minimum atomic E-state index is -3.71. The van der Waals surface area contributed by atoms with Crippen LogP contribution in [0.25, 0.3) is 32.7 Å². The summed E-state index contributed by atoms with van der Waals surface area (Å²) in [4.78, 5) is 49.0. The molecule has 4 atom stereocenters. The number of allylic oxidation sites excluding steroid dienone is 3. The quantitative estimate of drug-likeness (QED) is 0.0448. The van der Waals surface area contributed by atoms with Gasteiger partial charge in [0.1, 0.15) is 35.4 Å². The van der Waals surface area contributed by atoms with Crippen molar-refractivity contribution >= 4 is 65.7 Å². The third-order valence-electron chi connectivity index (χ3n) is 15.9. The van der Waals surface area contributed by atoms with Crippen LogP contribution in [-0.2, 0) is 74.3 Å². The number of aromatic nitrogens is 18. The summed E-state index contributed by atoms with van der Waals surface area (Å²) in [5.41, 5.74) is 8.75. The smallest absolute Gasteiger partial charge is 0.227 e. The fourth-order valence-electron chi connectivity index (χ4n) is 10.3. The van der Waals surface area contributed by atoms with E-state index in [1.54, 1.807) is 32.3 Å². The topological polar surface area (TPSA) is 349 Å². The lowest BCUT2D eigenvalue weighted by Crippen LogP contribution is -2.11. The summed E-state index contributed by atoms with van der Waals surface area (Å²) in [6, 6.07) is 29.4. The number of carbonyl (C=O) groups is 4. The van der Waals surface area contributed by atoms with Gasteiger partial charge >= 0.3 is 0 Å². The minimum absolute atomic E-state index is 0.00802. The number of nitrogens with one attached hydrogen (secondary N) is 3. The van der Waals surface area contributed by atoms with Crippen LogP contribution in [0.2, 0.25) is 0 Å². The zero-order valence-corrected chi connectivity index (χ0v) is 51.7. The highest BCUT2D eigenvalue weighted by Gasteiger charge is 2.48. The van der Waals surface area contributed by atoms with Crippen LogP contribution >= 0.6 is 0 Å². The molecule has 3 fully saturated rings. The van der Waals surface area contributed by atoms with E-state index in [1.807, 2.05) is 105 Å². The highest BCUT2D eigenvalue weighted by molar-refractivity contribution is 7.91. The molecule has 7 aromatic heterocycles. The van der Waals surface area contributed by atoms with Gasteiger partial charge in [0.2, 0.25) is 14.9 Å². The Balaban J connectivity index is 0.000000118. The molecule has 0 saturated carbocycles. The molecule has 1 aliphatic carbocycles. The third kappa shape index (κ3) is 15.2. The van der Waals surface area contributed by atoms with Crippen molar-refractivity contribution in [2.45, 2.75) is 139 Å². The molecule has 3 saturated heterocycles. The number of benzene rings is 4. The molecule has 15 rings (SSSR count). The first-order chi connectivity index (χ1) is 44.4. The molecule has 0 bridgehead atoms. The number of fused-ring (bicyclic) bond motifs is 3. The molecule has 28 heteroatoms. The van der Waals surface area contributed by atoms with E-state index in [1.165, 1.54) is 23.0 Å². The maximum atomic E-state index is 12.5. The second-order valence-corrected chi connectivity index (χ2v) is 25.4. The van der Waals surface area contributed by atoms with E-state index in [-0.39, 0.29) is 63.5 Å². The molecular weight excluding hydrogens is 1200 g/mol. The summed E-state index contributed by atoms with van der Waals surface area (Å²) in [5.74, 6) is 0.00998. The zero-order valence-electron chi connectivity index (χ0n) is 50.9. The molecule has 472 valence electrons. The second-order valence-electron chi connectivity index (χ2n) is 23.5. The lowest BCUT2D eigenvalue weighted by Gasteiger charge is -2.01. The third-order valence-corrected chi connectivity index (χ3v) is 17.5. The maximum Gasteiger partial charge on any atom is 0.227 e. The van der Waals surface area contributed by atoms with Crippen LogP contribution in [0.15, 0.2) is 156 Å². The highest BCUT2D eigenvalue weighted by atomic mass is 32.2. The average molecular weight is 1260 g/mol. The van der Waals surface area contributed by atoms with Gasteiger partial charge in [0.05, 0.1) is 89.2 Å². The number of sulfone groups is 1. The molecule has 3 N–H and O–H groups in total. The van der Waals surface area contributed by atoms with Crippen molar-refractivity contribution in [1.82, 2.24) is 90.6 Å². The molecule has 10 heterocycles. The maximum absolute atomic E-state index is 12.5. The van der Waals surface area contributed by atoms with E-state index < -0.39 is 9.84 Å². The van der Waals surface area contributed by atoms with Gasteiger partial charge in [-0.3, -0.25) is 34.5 Å². The van der Waals surface area contributed by atoms with Crippen molar-refractivity contribution in [3.8, 4) is 0 Å². The largest absolute Gasteiger partial charge is 0.371 e. The first-order valence-corrected chi connectivity index (χ1v) is 31.5. The van der Waals surface area contributed by atoms with E-state index in [0.717, 1.165) is 74.1 Å². The summed E-state index contributed by atoms with van der Waals surface area (Å²) in [6.07, 6.45) is 12.7. The lowest BCUT2D eigenvalue weighted by atomic mass is 10.1. The molecule has 4 unspecified atom stereocenters. The Hall–Kier alpha value is -10.2. The minimum Gasteiger partial charge on any atom is -0.371 e. The molecule has 92 heavy (non-hydrogen) atoms. The Morgan fingerprint density at radius 3 is 1.48 bits per heavy atom. The standard InChI is InChI=1S/C17H19N5O2.C16H17N5O2.C16H15N3O3S.C15H15N5O2/c1-17(2)15(24-17)10-22-9-11(18-21-22)7-8-14(23)16-12-5-3-4-6-13(12)19-20-16;1-10-15(23-10)9-21-8-11(17-20-21)6-7-14(22)16-12-4-2-3-5-13(12)18-19-16;1-11-3-5-14(6-4-11)23(21,22)16-10-19(18-17-16)9-13-7-12(2)8-15(13)20;21-14(15-12-3-1-2-4-13(12)17-18-15)6-5-10-7-20(19-16-10)8-11-9-22-11/h3-6,9,15H,7-8,10H2,1-2H3,(H,19,20);2-5,8,10,15H,6-7,9H2,1H3,(H,18,19);3-7,10H,2,8-9H2,1H3;1-4,7,11H,5-6,8-9H2,(H,17,18). The number of Topliss-reactive ketones (excluding diaryl/α,β-unsaturated/α-hetero) is 4. The fraction of sp³-hybridized carbons (Fsp3) is 0.328. The molecule has 0 amide bonds. The van der Waals surface area contributed by atoms with Crippen molar-refractivity contribution in [2.75, 3.05) is 6.61 Å². The van der Waals surface area contributed by atoms with E-state index in [4.69, 9.17) is 14.2 Å². The lowest BCUT2D eigenvalue weighted by molar-refractivity contribution is -0.114. The summed E-state index contributed by atoms with van der Waals surface area (Å²) in [6.45, 7) is 14.9. The van der Waals surface area contributed by atoms with Gasteiger partial charge in [-0.1, -0.05) is 106 Å². The molecule has 11 aromatic rings. The van der Waals surface area contributed by atoms with Gasteiger partial charge in [-0.05, 0) is 63.6 Å². The molecule has 0 spiro atoms. The van der Waals surface area contributed by atoms with Crippen LogP contribution in [0, 0.1) is 6.92 Å². The Morgan fingerprint density at radius 1 is 0.620 bits per heavy atom. The van der Waals surface area contributed by atoms with Gasteiger partial charge < -0.3 is 14.2 Å². The summed E-state index contributed by atoms with van der Waals surface area (Å²) in [5, 5.41) is 55.6. The number of ether oxygens (including phenoxy) is 3. The van der Waals surface area contributed by atoms with E-state index in [2.05, 4.69) is 92.3 Å². The number of ketones is 4. The Kier molecular flexibility index (Phi) is 18.0. The van der Waals surface area contributed by atoms with Crippen molar-refractivity contribution in [3.63, 3.8) is 0 Å². The monoisotopic (exact) mass is 1260 g/mol. The van der Waals surface area contributed by atoms with Crippen LogP contribution in [0.1, 0.15) is 101 Å². The SMILES string of the molecule is C=C1C=C(Cn2cc(S(=O)(=O)c3ccc(C)cc3)nn2)C(=O)C1.CC1(C)OC1Cn1cc(CCC(=O)c2n[nH]c3ccccc23)nn1.CC1OC1Cn1cc(CCC(=O)c2n[nH]c3ccccc23)nn1.O=C(CCc1cn(CC2CO2)nn1)c1n[nH]c2ccccc12. The number of aromatic amines is 3. The van der Waals surface area contributed by atoms with Gasteiger partial charge in [-0.2, -0.15) is 15.3 Å². The zero-order chi connectivity index (χ0) is 64.1.